The molecule has 0 atom stereocenters. The summed E-state index contributed by atoms with van der Waals surface area (Å²) in [5.41, 5.74) is 0.363. The van der Waals surface area contributed by atoms with Crippen LogP contribution < -0.4 is 0 Å². The lowest BCUT2D eigenvalue weighted by Gasteiger charge is -2.14. The van der Waals surface area contributed by atoms with Crippen molar-refractivity contribution in [2.24, 2.45) is 0 Å². The number of carbonyl (C=O) groups is 1. The van der Waals surface area contributed by atoms with Crippen LogP contribution in [-0.2, 0) is 6.18 Å². The number of hydrogen-bond donors (Lipinski definition) is 0. The topological polar surface area (TPSA) is 38.1 Å². The molecule has 1 aromatic heterocycles. The molecular weight excluding hydrogens is 399 g/mol. The van der Waals surface area contributed by atoms with E-state index in [9.17, 15) is 18.0 Å². The van der Waals surface area contributed by atoms with E-state index >= 15 is 0 Å². The van der Waals surface area contributed by atoms with Crippen LogP contribution in [0, 0.1) is 6.92 Å². The summed E-state index contributed by atoms with van der Waals surface area (Å²) in [7, 11) is 3.60. The second kappa shape index (κ2) is 7.03. The molecule has 0 unspecified atom stereocenters. The Bertz CT molecular complexity index is 838. The van der Waals surface area contributed by atoms with Crippen molar-refractivity contribution in [1.82, 2.24) is 14.5 Å². The fourth-order valence-corrected chi connectivity index (χ4v) is 2.53. The Labute approximate surface area is 152 Å². The molecule has 0 saturated heterocycles. The maximum Gasteiger partial charge on any atom is 0.434 e. The monoisotopic (exact) mass is 415 g/mol. The van der Waals surface area contributed by atoms with Gasteiger partial charge in [-0.15, -0.1) is 0 Å². The summed E-state index contributed by atoms with van der Waals surface area (Å²) in [5.74, 6) is -0.152. The predicted octanol–water partition coefficient (Wildman–Crippen LogP) is 4.61. The summed E-state index contributed by atoms with van der Waals surface area (Å²) in [6.07, 6.45) is -2.20. The van der Waals surface area contributed by atoms with E-state index in [0.717, 1.165) is 11.9 Å². The Kier molecular flexibility index (Phi) is 5.41. The van der Waals surface area contributed by atoms with Crippen molar-refractivity contribution < 1.29 is 18.0 Å². The number of nitrogens with zero attached hydrogens (tertiary/aromatic N) is 3. The van der Waals surface area contributed by atoms with Crippen molar-refractivity contribution in [3.63, 3.8) is 0 Å². The van der Waals surface area contributed by atoms with Gasteiger partial charge in [0.05, 0.1) is 5.69 Å². The van der Waals surface area contributed by atoms with E-state index < -0.39 is 11.9 Å². The van der Waals surface area contributed by atoms with E-state index in [2.05, 4.69) is 20.9 Å². The summed E-state index contributed by atoms with van der Waals surface area (Å²) >= 11 is 3.30. The van der Waals surface area contributed by atoms with E-state index in [4.69, 9.17) is 0 Å². The van der Waals surface area contributed by atoms with Crippen molar-refractivity contribution in [1.29, 1.82) is 0 Å². The van der Waals surface area contributed by atoms with Crippen LogP contribution in [0.25, 0.3) is 5.69 Å². The molecule has 2 aromatic rings. The molecule has 0 radical (unpaired) electrons. The lowest BCUT2D eigenvalue weighted by atomic mass is 10.1. The highest BCUT2D eigenvalue weighted by molar-refractivity contribution is 9.10. The van der Waals surface area contributed by atoms with Crippen LogP contribution in [0.5, 0.6) is 0 Å². The van der Waals surface area contributed by atoms with Crippen LogP contribution in [0.15, 0.2) is 40.6 Å². The van der Waals surface area contributed by atoms with Gasteiger partial charge in [0, 0.05) is 42.1 Å². The number of aromatic nitrogens is 2. The lowest BCUT2D eigenvalue weighted by Crippen LogP contribution is -2.11. The molecule has 0 aliphatic carbocycles. The molecule has 0 amide bonds. The summed E-state index contributed by atoms with van der Waals surface area (Å²) in [5, 5.41) is 0. The first-order valence-electron chi connectivity index (χ1n) is 7.33. The zero-order valence-corrected chi connectivity index (χ0v) is 15.7. The van der Waals surface area contributed by atoms with Crippen molar-refractivity contribution in [3.05, 3.63) is 57.7 Å². The molecule has 0 spiro atoms. The molecule has 8 heteroatoms. The molecule has 0 aliphatic rings. The third-order valence-corrected chi connectivity index (χ3v) is 4.19. The van der Waals surface area contributed by atoms with Gasteiger partial charge >= 0.3 is 6.18 Å². The fraction of sp³-hybridized carbons (Fsp3) is 0.294. The predicted molar refractivity (Wildman–Crippen MR) is 92.8 cm³/mol. The molecule has 2 rings (SSSR count). The maximum atomic E-state index is 12.9. The second-order valence-electron chi connectivity index (χ2n) is 5.75. The number of aryl methyl sites for hydroxylation is 1. The number of carbonyl (C=O) groups excluding carboxylic acids is 1. The number of imidazole rings is 1. The Hall–Kier alpha value is -2.09. The number of alkyl halides is 3. The molecule has 134 valence electrons. The number of allylic oxidation sites excluding steroid dienone is 2. The van der Waals surface area contributed by atoms with Gasteiger partial charge in [-0.2, -0.15) is 13.2 Å². The highest BCUT2D eigenvalue weighted by Gasteiger charge is 2.34. The van der Waals surface area contributed by atoms with Gasteiger partial charge in [0.2, 0.25) is 0 Å². The quantitative estimate of drug-likeness (QED) is 0.540. The normalized spacial score (nSPS) is 12.4. The fourth-order valence-electron chi connectivity index (χ4n) is 2.17. The summed E-state index contributed by atoms with van der Waals surface area (Å²) in [6.45, 7) is 3.24. The second-order valence-corrected chi connectivity index (χ2v) is 6.66. The highest BCUT2D eigenvalue weighted by Crippen LogP contribution is 2.30. The van der Waals surface area contributed by atoms with E-state index in [1.165, 1.54) is 17.6 Å². The van der Waals surface area contributed by atoms with Gasteiger partial charge in [0.1, 0.15) is 5.82 Å². The zero-order chi connectivity index (χ0) is 18.9. The Balaban J connectivity index is 2.59. The summed E-state index contributed by atoms with van der Waals surface area (Å²) in [4.78, 5) is 18.0. The number of hydrogen-bond acceptors (Lipinski definition) is 3. The molecule has 0 saturated carbocycles. The van der Waals surface area contributed by atoms with Gasteiger partial charge in [-0.1, -0.05) is 15.9 Å². The average Bonchev–Trinajstić information content (AvgIpc) is 2.89. The van der Waals surface area contributed by atoms with Crippen LogP contribution >= 0.6 is 15.9 Å². The van der Waals surface area contributed by atoms with Gasteiger partial charge in [-0.25, -0.2) is 4.98 Å². The first-order valence-corrected chi connectivity index (χ1v) is 8.13. The number of halogens is 4. The molecule has 1 heterocycles. The lowest BCUT2D eigenvalue weighted by molar-refractivity contribution is -0.141. The van der Waals surface area contributed by atoms with Gasteiger partial charge < -0.3 is 9.47 Å². The third-order valence-electron chi connectivity index (χ3n) is 3.70. The molecule has 4 nitrogen and oxygen atoms in total. The van der Waals surface area contributed by atoms with Crippen LogP contribution in [0.4, 0.5) is 13.2 Å². The minimum absolute atomic E-state index is 0.150. The van der Waals surface area contributed by atoms with Gasteiger partial charge in [0.25, 0.3) is 0 Å². The molecule has 0 aliphatic heterocycles. The van der Waals surface area contributed by atoms with E-state index in [1.54, 1.807) is 44.1 Å². The largest absolute Gasteiger partial charge is 0.434 e. The Morgan fingerprint density at radius 1 is 1.32 bits per heavy atom. The average molecular weight is 416 g/mol. The van der Waals surface area contributed by atoms with Crippen molar-refractivity contribution in [2.45, 2.75) is 20.0 Å². The van der Waals surface area contributed by atoms with E-state index in [-0.39, 0.29) is 17.2 Å². The number of benzene rings is 1. The van der Waals surface area contributed by atoms with Gasteiger partial charge in [0.15, 0.2) is 11.5 Å². The SMILES string of the molecule is C/C(=C/C(=O)c1cc(Br)ccc1-n1cc(C(F)(F)F)nc1C)N(C)C. The summed E-state index contributed by atoms with van der Waals surface area (Å²) in [6, 6.07) is 4.84. The molecule has 0 fully saturated rings. The molecule has 0 bridgehead atoms. The molecule has 0 N–H and O–H groups in total. The van der Waals surface area contributed by atoms with Crippen molar-refractivity contribution in [2.75, 3.05) is 14.1 Å². The zero-order valence-electron chi connectivity index (χ0n) is 14.1. The van der Waals surface area contributed by atoms with Crippen molar-refractivity contribution >= 4 is 21.7 Å². The van der Waals surface area contributed by atoms with Crippen molar-refractivity contribution in [3.8, 4) is 5.69 Å². The van der Waals surface area contributed by atoms with Crippen LogP contribution in [0.3, 0.4) is 0 Å². The van der Waals surface area contributed by atoms with E-state index in [0.29, 0.717) is 10.2 Å². The van der Waals surface area contributed by atoms with Gasteiger partial charge in [-0.3, -0.25) is 4.79 Å². The highest BCUT2D eigenvalue weighted by atomic mass is 79.9. The van der Waals surface area contributed by atoms with Crippen LogP contribution in [0.1, 0.15) is 28.8 Å². The van der Waals surface area contributed by atoms with Crippen LogP contribution in [0.2, 0.25) is 0 Å². The first kappa shape index (κ1) is 19.2. The number of ketones is 1. The van der Waals surface area contributed by atoms with Crippen LogP contribution in [-0.4, -0.2) is 34.3 Å². The minimum atomic E-state index is -4.54. The van der Waals surface area contributed by atoms with Gasteiger partial charge in [-0.05, 0) is 32.0 Å². The standard InChI is InChI=1S/C17H17BrF3N3O/c1-10(23(3)4)7-15(25)13-8-12(18)5-6-14(13)24-9-16(17(19,20)21)22-11(24)2/h5-9H,1-4H3/b10-7-. The number of rotatable bonds is 4. The Morgan fingerprint density at radius 2 is 1.96 bits per heavy atom. The Morgan fingerprint density at radius 3 is 2.48 bits per heavy atom. The molecule has 1 aromatic carbocycles. The minimum Gasteiger partial charge on any atom is -0.381 e. The summed E-state index contributed by atoms with van der Waals surface area (Å²) < 4.78 is 40.7. The molecule has 25 heavy (non-hydrogen) atoms. The smallest absolute Gasteiger partial charge is 0.381 e. The van der Waals surface area contributed by atoms with E-state index in [1.807, 2.05) is 0 Å². The first-order chi connectivity index (χ1) is 11.5. The third kappa shape index (κ3) is 4.31. The molecular formula is C17H17BrF3N3O. The maximum absolute atomic E-state index is 12.9.